The summed E-state index contributed by atoms with van der Waals surface area (Å²) in [5.74, 6) is 1.66. The van der Waals surface area contributed by atoms with E-state index in [1.165, 1.54) is 12.2 Å². The van der Waals surface area contributed by atoms with Crippen molar-refractivity contribution in [3.63, 3.8) is 0 Å². The van der Waals surface area contributed by atoms with Gasteiger partial charge in [0.1, 0.15) is 0 Å². The lowest BCUT2D eigenvalue weighted by atomic mass is 10.1. The van der Waals surface area contributed by atoms with Crippen molar-refractivity contribution in [2.24, 2.45) is 5.92 Å². The van der Waals surface area contributed by atoms with Gasteiger partial charge >= 0.3 is 0 Å². The van der Waals surface area contributed by atoms with Crippen molar-refractivity contribution in [2.45, 2.75) is 19.8 Å². The van der Waals surface area contributed by atoms with E-state index < -0.39 is 0 Å². The van der Waals surface area contributed by atoms with Gasteiger partial charge in [-0.3, -0.25) is 0 Å². The van der Waals surface area contributed by atoms with Gasteiger partial charge in [-0.25, -0.2) is 0 Å². The van der Waals surface area contributed by atoms with Crippen molar-refractivity contribution < 1.29 is 5.11 Å². The van der Waals surface area contributed by atoms with Crippen molar-refractivity contribution in [1.82, 2.24) is 5.32 Å². The molecule has 12 heavy (non-hydrogen) atoms. The third-order valence-corrected chi connectivity index (χ3v) is 2.46. The van der Waals surface area contributed by atoms with E-state index in [1.54, 1.807) is 0 Å². The molecule has 2 N–H and O–H groups in total. The lowest BCUT2D eigenvalue weighted by Crippen LogP contribution is -2.19. The van der Waals surface area contributed by atoms with Gasteiger partial charge in [-0.2, -0.15) is 11.8 Å². The summed E-state index contributed by atoms with van der Waals surface area (Å²) >= 11 is 1.87. The van der Waals surface area contributed by atoms with E-state index in [4.69, 9.17) is 5.11 Å². The third-order valence-electron chi connectivity index (χ3n) is 1.85. The normalized spacial score (nSPS) is 13.2. The van der Waals surface area contributed by atoms with E-state index in [0.29, 0.717) is 12.5 Å². The lowest BCUT2D eigenvalue weighted by Gasteiger charge is -2.07. The van der Waals surface area contributed by atoms with Crippen molar-refractivity contribution in [3.8, 4) is 0 Å². The SMILES string of the molecule is CSCCNCCCC(C)CO. The minimum Gasteiger partial charge on any atom is -0.396 e. The van der Waals surface area contributed by atoms with E-state index >= 15 is 0 Å². The summed E-state index contributed by atoms with van der Waals surface area (Å²) in [5, 5.41) is 12.1. The van der Waals surface area contributed by atoms with E-state index in [9.17, 15) is 0 Å². The number of aliphatic hydroxyl groups excluding tert-OH is 1. The molecule has 0 heterocycles. The predicted octanol–water partition coefficient (Wildman–Crippen LogP) is 1.35. The molecule has 1 atom stereocenters. The molecule has 0 aromatic heterocycles. The maximum Gasteiger partial charge on any atom is 0.0456 e. The first kappa shape index (κ1) is 12.3. The van der Waals surface area contributed by atoms with Gasteiger partial charge in [-0.1, -0.05) is 6.92 Å². The second-order valence-electron chi connectivity index (χ2n) is 3.17. The predicted molar refractivity (Wildman–Crippen MR) is 56.7 cm³/mol. The monoisotopic (exact) mass is 191 g/mol. The van der Waals surface area contributed by atoms with E-state index in [1.807, 2.05) is 11.8 Å². The highest BCUT2D eigenvalue weighted by Crippen LogP contribution is 2.02. The molecule has 0 rings (SSSR count). The Morgan fingerprint density at radius 3 is 2.75 bits per heavy atom. The number of thioether (sulfide) groups is 1. The first-order valence-electron chi connectivity index (χ1n) is 4.61. The van der Waals surface area contributed by atoms with E-state index in [0.717, 1.165) is 19.5 Å². The van der Waals surface area contributed by atoms with E-state index in [2.05, 4.69) is 18.5 Å². The highest BCUT2D eigenvalue weighted by Gasteiger charge is 1.97. The quantitative estimate of drug-likeness (QED) is 0.568. The largest absolute Gasteiger partial charge is 0.396 e. The number of hydrogen-bond acceptors (Lipinski definition) is 3. The molecule has 0 saturated heterocycles. The highest BCUT2D eigenvalue weighted by molar-refractivity contribution is 7.98. The van der Waals surface area contributed by atoms with Crippen LogP contribution in [-0.4, -0.2) is 36.8 Å². The van der Waals surface area contributed by atoms with Gasteiger partial charge in [0.15, 0.2) is 0 Å². The standard InChI is InChI=1S/C9H21NOS/c1-9(8-11)4-3-5-10-6-7-12-2/h9-11H,3-8H2,1-2H3. The third kappa shape index (κ3) is 8.37. The van der Waals surface area contributed by atoms with Crippen molar-refractivity contribution in [1.29, 1.82) is 0 Å². The molecule has 0 fully saturated rings. The van der Waals surface area contributed by atoms with Crippen LogP contribution in [0.25, 0.3) is 0 Å². The summed E-state index contributed by atoms with van der Waals surface area (Å²) in [5.41, 5.74) is 0. The molecule has 0 radical (unpaired) electrons. The first-order valence-corrected chi connectivity index (χ1v) is 6.01. The summed E-state index contributed by atoms with van der Waals surface area (Å²) < 4.78 is 0. The highest BCUT2D eigenvalue weighted by atomic mass is 32.2. The van der Waals surface area contributed by atoms with Crippen LogP contribution < -0.4 is 5.32 Å². The van der Waals surface area contributed by atoms with Crippen LogP contribution in [0.2, 0.25) is 0 Å². The van der Waals surface area contributed by atoms with Gasteiger partial charge in [0, 0.05) is 18.9 Å². The number of aliphatic hydroxyl groups is 1. The summed E-state index contributed by atoms with van der Waals surface area (Å²) in [6.45, 7) is 4.60. The average molecular weight is 191 g/mol. The molecule has 74 valence electrons. The molecule has 0 aliphatic heterocycles. The zero-order valence-corrected chi connectivity index (χ0v) is 8.99. The summed E-state index contributed by atoms with van der Waals surface area (Å²) in [6, 6.07) is 0. The fourth-order valence-electron chi connectivity index (χ4n) is 0.966. The average Bonchev–Trinajstić information content (AvgIpc) is 2.10. The Morgan fingerprint density at radius 1 is 1.42 bits per heavy atom. The Kier molecular flexibility index (Phi) is 9.57. The van der Waals surface area contributed by atoms with Gasteiger partial charge in [-0.15, -0.1) is 0 Å². The molecule has 0 aliphatic rings. The second-order valence-corrected chi connectivity index (χ2v) is 4.16. The molecular weight excluding hydrogens is 170 g/mol. The Labute approximate surface area is 80.1 Å². The van der Waals surface area contributed by atoms with Crippen molar-refractivity contribution >= 4 is 11.8 Å². The molecule has 0 saturated carbocycles. The molecule has 1 unspecified atom stereocenters. The fourth-order valence-corrected chi connectivity index (χ4v) is 1.31. The molecule has 0 spiro atoms. The Balaban J connectivity index is 2.90. The molecule has 0 aromatic carbocycles. The zero-order valence-electron chi connectivity index (χ0n) is 8.18. The van der Waals surface area contributed by atoms with Gasteiger partial charge in [0.25, 0.3) is 0 Å². The lowest BCUT2D eigenvalue weighted by molar-refractivity contribution is 0.228. The minimum absolute atomic E-state index is 0.324. The molecule has 0 aliphatic carbocycles. The second kappa shape index (κ2) is 9.36. The fraction of sp³-hybridized carbons (Fsp3) is 1.00. The summed E-state index contributed by atoms with van der Waals surface area (Å²) in [4.78, 5) is 0. The molecule has 0 amide bonds. The molecule has 2 nitrogen and oxygen atoms in total. The van der Waals surface area contributed by atoms with Crippen LogP contribution in [0.1, 0.15) is 19.8 Å². The van der Waals surface area contributed by atoms with Crippen molar-refractivity contribution in [3.05, 3.63) is 0 Å². The van der Waals surface area contributed by atoms with Crippen LogP contribution >= 0.6 is 11.8 Å². The van der Waals surface area contributed by atoms with Crippen LogP contribution in [0.15, 0.2) is 0 Å². The zero-order chi connectivity index (χ0) is 9.23. The van der Waals surface area contributed by atoms with Gasteiger partial charge in [0.2, 0.25) is 0 Å². The maximum atomic E-state index is 8.75. The van der Waals surface area contributed by atoms with E-state index in [-0.39, 0.29) is 0 Å². The Morgan fingerprint density at radius 2 is 2.17 bits per heavy atom. The number of rotatable bonds is 8. The van der Waals surface area contributed by atoms with Crippen LogP contribution in [0.3, 0.4) is 0 Å². The van der Waals surface area contributed by atoms with Crippen LogP contribution in [0.5, 0.6) is 0 Å². The Hall–Kier alpha value is 0.270. The van der Waals surface area contributed by atoms with Gasteiger partial charge in [0.05, 0.1) is 0 Å². The molecule has 0 aromatic rings. The van der Waals surface area contributed by atoms with Gasteiger partial charge < -0.3 is 10.4 Å². The Bertz CT molecular complexity index is 90.6. The topological polar surface area (TPSA) is 32.3 Å². The molecule has 3 heteroatoms. The summed E-state index contributed by atoms with van der Waals surface area (Å²) in [6.07, 6.45) is 4.42. The molecular formula is C9H21NOS. The first-order chi connectivity index (χ1) is 5.81. The number of nitrogens with one attached hydrogen (secondary N) is 1. The van der Waals surface area contributed by atoms with Gasteiger partial charge in [-0.05, 0) is 31.6 Å². The van der Waals surface area contributed by atoms with Crippen LogP contribution in [0.4, 0.5) is 0 Å². The number of hydrogen-bond donors (Lipinski definition) is 2. The molecule has 0 bridgehead atoms. The summed E-state index contributed by atoms with van der Waals surface area (Å²) in [7, 11) is 0. The van der Waals surface area contributed by atoms with Crippen LogP contribution in [-0.2, 0) is 0 Å². The smallest absolute Gasteiger partial charge is 0.0456 e. The maximum absolute atomic E-state index is 8.75. The van der Waals surface area contributed by atoms with Crippen molar-refractivity contribution in [2.75, 3.05) is 31.7 Å². The minimum atomic E-state index is 0.324. The van der Waals surface area contributed by atoms with Crippen LogP contribution in [0, 0.1) is 5.92 Å².